The van der Waals surface area contributed by atoms with Crippen LogP contribution in [-0.4, -0.2) is 12.9 Å². The van der Waals surface area contributed by atoms with E-state index in [1.807, 2.05) is 24.3 Å². The highest BCUT2D eigenvalue weighted by molar-refractivity contribution is 6.02. The van der Waals surface area contributed by atoms with Crippen LogP contribution in [0.2, 0.25) is 0 Å². The Kier molecular flexibility index (Phi) is 2.65. The van der Waals surface area contributed by atoms with Gasteiger partial charge in [0, 0.05) is 5.92 Å². The molecule has 0 spiro atoms. The minimum absolute atomic E-state index is 0.286. The van der Waals surface area contributed by atoms with Gasteiger partial charge in [-0.05, 0) is 36.8 Å². The third-order valence-corrected chi connectivity index (χ3v) is 4.33. The molecule has 0 aromatic heterocycles. The highest BCUT2D eigenvalue weighted by Crippen LogP contribution is 2.56. The molecule has 2 nitrogen and oxygen atoms in total. The summed E-state index contributed by atoms with van der Waals surface area (Å²) in [6, 6.07) is 7.60. The second kappa shape index (κ2) is 4.17. The summed E-state index contributed by atoms with van der Waals surface area (Å²) in [6.07, 6.45) is 5.10. The van der Waals surface area contributed by atoms with Crippen LogP contribution in [-0.2, 0) is 0 Å². The zero-order valence-corrected chi connectivity index (χ0v) is 10.2. The lowest BCUT2D eigenvalue weighted by Crippen LogP contribution is -2.06. The summed E-state index contributed by atoms with van der Waals surface area (Å²) >= 11 is 0. The molecule has 2 heteroatoms. The molecule has 90 valence electrons. The third-order valence-electron chi connectivity index (χ3n) is 4.33. The number of benzene rings is 1. The second-order valence-electron chi connectivity index (χ2n) is 5.20. The summed E-state index contributed by atoms with van der Waals surface area (Å²) in [5.41, 5.74) is 0.773. The van der Waals surface area contributed by atoms with Crippen molar-refractivity contribution in [3.63, 3.8) is 0 Å². The lowest BCUT2D eigenvalue weighted by atomic mass is 10.0. The average Bonchev–Trinajstić information content (AvgIpc) is 3.12. The van der Waals surface area contributed by atoms with E-state index in [2.05, 4.69) is 0 Å². The maximum atomic E-state index is 12.5. The van der Waals surface area contributed by atoms with Gasteiger partial charge in [-0.3, -0.25) is 4.79 Å². The van der Waals surface area contributed by atoms with Gasteiger partial charge in [0.2, 0.25) is 0 Å². The summed E-state index contributed by atoms with van der Waals surface area (Å²) in [5, 5.41) is 0. The van der Waals surface area contributed by atoms with E-state index in [4.69, 9.17) is 4.74 Å². The predicted molar refractivity (Wildman–Crippen MR) is 66.3 cm³/mol. The number of hydrogen-bond acceptors (Lipinski definition) is 2. The molecule has 17 heavy (non-hydrogen) atoms. The van der Waals surface area contributed by atoms with Crippen molar-refractivity contribution < 1.29 is 9.53 Å². The molecule has 2 aliphatic carbocycles. The van der Waals surface area contributed by atoms with Crippen molar-refractivity contribution in [3.05, 3.63) is 29.8 Å². The van der Waals surface area contributed by atoms with Gasteiger partial charge in [0.05, 0.1) is 12.7 Å². The molecular formula is C15H18O2. The van der Waals surface area contributed by atoms with Gasteiger partial charge in [-0.15, -0.1) is 0 Å². The van der Waals surface area contributed by atoms with Crippen molar-refractivity contribution in [2.24, 2.45) is 17.8 Å². The van der Waals surface area contributed by atoms with E-state index in [9.17, 15) is 4.79 Å². The van der Waals surface area contributed by atoms with Crippen molar-refractivity contribution in [2.75, 3.05) is 7.11 Å². The lowest BCUT2D eigenvalue weighted by Gasteiger charge is -2.06. The smallest absolute Gasteiger partial charge is 0.170 e. The standard InChI is InChI=1S/C15H18O2/c1-17-13-9-5-4-8-12(13)15(16)14-10-6-2-3-7-11(10)14/h4-5,8-11,14H,2-3,6-7H2,1H3. The van der Waals surface area contributed by atoms with Gasteiger partial charge in [-0.1, -0.05) is 25.0 Å². The number of rotatable bonds is 3. The Balaban J connectivity index is 1.83. The summed E-state index contributed by atoms with van der Waals surface area (Å²) in [6.45, 7) is 0. The number of ketones is 1. The average molecular weight is 230 g/mol. The fourth-order valence-corrected chi connectivity index (χ4v) is 3.41. The normalized spacial score (nSPS) is 30.5. The van der Waals surface area contributed by atoms with Crippen LogP contribution in [0.15, 0.2) is 24.3 Å². The van der Waals surface area contributed by atoms with Gasteiger partial charge in [0.25, 0.3) is 0 Å². The first-order chi connectivity index (χ1) is 8.33. The van der Waals surface area contributed by atoms with Gasteiger partial charge in [-0.2, -0.15) is 0 Å². The molecule has 2 unspecified atom stereocenters. The molecule has 0 aliphatic heterocycles. The number of methoxy groups -OCH3 is 1. The Bertz CT molecular complexity index is 426. The van der Waals surface area contributed by atoms with Crippen molar-refractivity contribution >= 4 is 5.78 Å². The van der Waals surface area contributed by atoms with Crippen LogP contribution in [0.25, 0.3) is 0 Å². The van der Waals surface area contributed by atoms with Crippen molar-refractivity contribution in [2.45, 2.75) is 25.7 Å². The van der Waals surface area contributed by atoms with Gasteiger partial charge in [0.1, 0.15) is 5.75 Å². The molecule has 2 aliphatic rings. The molecular weight excluding hydrogens is 212 g/mol. The minimum Gasteiger partial charge on any atom is -0.496 e. The van der Waals surface area contributed by atoms with E-state index in [0.717, 1.165) is 11.3 Å². The number of fused-ring (bicyclic) bond motifs is 1. The monoisotopic (exact) mass is 230 g/mol. The summed E-state index contributed by atoms with van der Waals surface area (Å²) < 4.78 is 5.28. The largest absolute Gasteiger partial charge is 0.496 e. The SMILES string of the molecule is COc1ccccc1C(=O)C1C2CCCCC21. The Morgan fingerprint density at radius 3 is 2.47 bits per heavy atom. The quantitative estimate of drug-likeness (QED) is 0.745. The Morgan fingerprint density at radius 1 is 1.18 bits per heavy atom. The molecule has 0 N–H and O–H groups in total. The van der Waals surface area contributed by atoms with E-state index >= 15 is 0 Å². The highest BCUT2D eigenvalue weighted by Gasteiger charge is 2.54. The highest BCUT2D eigenvalue weighted by atomic mass is 16.5. The molecule has 0 bridgehead atoms. The number of hydrogen-bond donors (Lipinski definition) is 0. The van der Waals surface area contributed by atoms with Crippen LogP contribution in [0.4, 0.5) is 0 Å². The molecule has 2 fully saturated rings. The number of ether oxygens (including phenoxy) is 1. The zero-order chi connectivity index (χ0) is 11.8. The Morgan fingerprint density at radius 2 is 1.82 bits per heavy atom. The summed E-state index contributed by atoms with van der Waals surface area (Å²) in [4.78, 5) is 12.5. The lowest BCUT2D eigenvalue weighted by molar-refractivity contribution is 0.0953. The second-order valence-corrected chi connectivity index (χ2v) is 5.20. The Hall–Kier alpha value is -1.31. The maximum absolute atomic E-state index is 12.5. The van der Waals surface area contributed by atoms with Gasteiger partial charge >= 0.3 is 0 Å². The topological polar surface area (TPSA) is 26.3 Å². The van der Waals surface area contributed by atoms with Gasteiger partial charge < -0.3 is 4.74 Å². The molecule has 2 atom stereocenters. The summed E-state index contributed by atoms with van der Waals surface area (Å²) in [5.74, 6) is 2.65. The van der Waals surface area contributed by atoms with Crippen LogP contribution in [0.1, 0.15) is 36.0 Å². The van der Waals surface area contributed by atoms with Crippen molar-refractivity contribution in [1.29, 1.82) is 0 Å². The molecule has 2 saturated carbocycles. The predicted octanol–water partition coefficient (Wildman–Crippen LogP) is 3.31. The first-order valence-electron chi connectivity index (χ1n) is 6.50. The van der Waals surface area contributed by atoms with E-state index in [-0.39, 0.29) is 5.92 Å². The fourth-order valence-electron chi connectivity index (χ4n) is 3.41. The molecule has 0 amide bonds. The van der Waals surface area contributed by atoms with Crippen LogP contribution >= 0.6 is 0 Å². The van der Waals surface area contributed by atoms with Crippen LogP contribution < -0.4 is 4.74 Å². The van der Waals surface area contributed by atoms with Crippen LogP contribution in [0.3, 0.4) is 0 Å². The molecule has 0 heterocycles. The molecule has 0 radical (unpaired) electrons. The maximum Gasteiger partial charge on any atom is 0.170 e. The van der Waals surface area contributed by atoms with E-state index < -0.39 is 0 Å². The third kappa shape index (κ3) is 1.76. The number of para-hydroxylation sites is 1. The summed E-state index contributed by atoms with van der Waals surface area (Å²) in [7, 11) is 1.63. The Labute approximate surface area is 102 Å². The fraction of sp³-hybridized carbons (Fsp3) is 0.533. The van der Waals surface area contributed by atoms with Crippen molar-refractivity contribution in [1.82, 2.24) is 0 Å². The van der Waals surface area contributed by atoms with Crippen molar-refractivity contribution in [3.8, 4) is 5.75 Å². The first kappa shape index (κ1) is 10.8. The molecule has 1 aromatic carbocycles. The van der Waals surface area contributed by atoms with Crippen LogP contribution in [0, 0.1) is 17.8 Å². The number of carbonyl (C=O) groups excluding carboxylic acids is 1. The molecule has 1 aromatic rings. The first-order valence-corrected chi connectivity index (χ1v) is 6.50. The van der Waals surface area contributed by atoms with Crippen LogP contribution in [0.5, 0.6) is 5.75 Å². The van der Waals surface area contributed by atoms with E-state index in [1.54, 1.807) is 7.11 Å². The van der Waals surface area contributed by atoms with Gasteiger partial charge in [0.15, 0.2) is 5.78 Å². The number of carbonyl (C=O) groups is 1. The number of Topliss-reactive ketones (excluding diaryl/α,β-unsaturated/α-hetero) is 1. The zero-order valence-electron chi connectivity index (χ0n) is 10.2. The van der Waals surface area contributed by atoms with Gasteiger partial charge in [-0.25, -0.2) is 0 Å². The molecule has 0 saturated heterocycles. The van der Waals surface area contributed by atoms with E-state index in [1.165, 1.54) is 25.7 Å². The minimum atomic E-state index is 0.286. The van der Waals surface area contributed by atoms with E-state index in [0.29, 0.717) is 17.6 Å². The molecule has 3 rings (SSSR count).